The minimum atomic E-state index is -4.03. The van der Waals surface area contributed by atoms with Gasteiger partial charge in [0.05, 0.1) is 15.0 Å². The maximum absolute atomic E-state index is 12.9. The molecule has 164 valence electrons. The molecule has 1 aliphatic carbocycles. The van der Waals surface area contributed by atoms with Crippen molar-refractivity contribution in [3.63, 3.8) is 0 Å². The molecule has 2 unspecified atom stereocenters. The highest BCUT2D eigenvalue weighted by atomic mass is 35.5. The maximum atomic E-state index is 12.9. The van der Waals surface area contributed by atoms with Gasteiger partial charge in [0.15, 0.2) is 4.90 Å². The molecule has 0 N–H and O–H groups in total. The number of hydrogen-bond acceptors (Lipinski definition) is 5. The van der Waals surface area contributed by atoms with E-state index in [1.807, 2.05) is 6.07 Å². The number of nitro benzene ring substituents is 1. The summed E-state index contributed by atoms with van der Waals surface area (Å²) in [4.78, 5) is 24.7. The van der Waals surface area contributed by atoms with Gasteiger partial charge < -0.3 is 4.90 Å². The van der Waals surface area contributed by atoms with Gasteiger partial charge in [-0.05, 0) is 36.1 Å². The number of amides is 1. The number of benzene rings is 2. The average molecular weight is 484 g/mol. The van der Waals surface area contributed by atoms with E-state index in [1.54, 1.807) is 17.0 Å². The third-order valence-electron chi connectivity index (χ3n) is 5.71. The molecule has 0 radical (unpaired) electrons. The summed E-state index contributed by atoms with van der Waals surface area (Å²) >= 11 is 12.0. The minimum Gasteiger partial charge on any atom is -0.340 e. The largest absolute Gasteiger partial charge is 0.340 e. The number of carbonyl (C=O) groups is 1. The lowest BCUT2D eigenvalue weighted by atomic mass is 10.1. The Morgan fingerprint density at radius 3 is 2.35 bits per heavy atom. The Hall–Kier alpha value is -2.20. The quantitative estimate of drug-likeness (QED) is 0.478. The lowest BCUT2D eigenvalue weighted by Crippen LogP contribution is -2.51. The second-order valence-electron chi connectivity index (χ2n) is 7.58. The Labute approximate surface area is 189 Å². The first-order valence-corrected chi connectivity index (χ1v) is 11.9. The molecule has 8 nitrogen and oxygen atoms in total. The first-order chi connectivity index (χ1) is 14.7. The second-order valence-corrected chi connectivity index (χ2v) is 10.3. The van der Waals surface area contributed by atoms with Crippen molar-refractivity contribution >= 4 is 44.8 Å². The van der Waals surface area contributed by atoms with Crippen LogP contribution in [0.1, 0.15) is 17.9 Å². The Morgan fingerprint density at radius 2 is 1.71 bits per heavy atom. The van der Waals surface area contributed by atoms with Gasteiger partial charge >= 0.3 is 0 Å². The molecule has 0 bridgehead atoms. The van der Waals surface area contributed by atoms with Crippen LogP contribution in [0, 0.1) is 16.0 Å². The van der Waals surface area contributed by atoms with Gasteiger partial charge in [0.25, 0.3) is 5.69 Å². The van der Waals surface area contributed by atoms with Crippen molar-refractivity contribution in [2.75, 3.05) is 26.2 Å². The van der Waals surface area contributed by atoms with Crippen molar-refractivity contribution in [3.8, 4) is 0 Å². The SMILES string of the molecule is O=C(C1CC1c1ccc(Cl)c(Cl)c1)N1CCN(S(=O)(=O)c2ccccc2[N+](=O)[O-])CC1. The van der Waals surface area contributed by atoms with Crippen LogP contribution in [0.4, 0.5) is 5.69 Å². The van der Waals surface area contributed by atoms with Gasteiger partial charge in [-0.3, -0.25) is 14.9 Å². The monoisotopic (exact) mass is 483 g/mol. The Kier molecular flexibility index (Phi) is 5.95. The van der Waals surface area contributed by atoms with Crippen LogP contribution < -0.4 is 0 Å². The third kappa shape index (κ3) is 4.27. The van der Waals surface area contributed by atoms with Crippen LogP contribution in [-0.4, -0.2) is 54.6 Å². The van der Waals surface area contributed by atoms with Crippen molar-refractivity contribution in [2.24, 2.45) is 5.92 Å². The van der Waals surface area contributed by atoms with Crippen LogP contribution in [0.2, 0.25) is 10.0 Å². The third-order valence-corrected chi connectivity index (χ3v) is 8.39. The smallest absolute Gasteiger partial charge is 0.289 e. The van der Waals surface area contributed by atoms with Crippen LogP contribution in [0.25, 0.3) is 0 Å². The summed E-state index contributed by atoms with van der Waals surface area (Å²) in [5.74, 6) is -0.0922. The molecule has 11 heteroatoms. The number of halogens is 2. The minimum absolute atomic E-state index is 0.0150. The van der Waals surface area contributed by atoms with E-state index in [2.05, 4.69) is 0 Å². The van der Waals surface area contributed by atoms with Gasteiger partial charge in [-0.2, -0.15) is 4.31 Å². The van der Waals surface area contributed by atoms with Gasteiger partial charge in [-0.25, -0.2) is 8.42 Å². The van der Waals surface area contributed by atoms with Gasteiger partial charge in [-0.1, -0.05) is 41.4 Å². The molecular formula is C20H19Cl2N3O5S. The number of nitro groups is 1. The second kappa shape index (κ2) is 8.38. The van der Waals surface area contributed by atoms with Crippen LogP contribution >= 0.6 is 23.2 Å². The predicted octanol–water partition coefficient (Wildman–Crippen LogP) is 3.54. The standard InChI is InChI=1S/C20H19Cl2N3O5S/c21-16-6-5-13(11-17(16)22)14-12-15(14)20(26)23-7-9-24(10-8-23)31(29,30)19-4-2-1-3-18(19)25(27)28/h1-6,11,14-15H,7-10,12H2. The molecule has 1 amide bonds. The number of para-hydroxylation sites is 1. The van der Waals surface area contributed by atoms with E-state index in [0.717, 1.165) is 5.56 Å². The van der Waals surface area contributed by atoms with Gasteiger partial charge in [0.2, 0.25) is 15.9 Å². The van der Waals surface area contributed by atoms with E-state index >= 15 is 0 Å². The Bertz CT molecular complexity index is 1150. The zero-order chi connectivity index (χ0) is 22.3. The fourth-order valence-corrected chi connectivity index (χ4v) is 5.81. The van der Waals surface area contributed by atoms with Crippen molar-refractivity contribution < 1.29 is 18.1 Å². The van der Waals surface area contributed by atoms with Crippen LogP contribution in [0.5, 0.6) is 0 Å². The zero-order valence-electron chi connectivity index (χ0n) is 16.3. The van der Waals surface area contributed by atoms with Crippen molar-refractivity contribution in [3.05, 3.63) is 68.2 Å². The number of sulfonamides is 1. The predicted molar refractivity (Wildman–Crippen MR) is 116 cm³/mol. The first-order valence-electron chi connectivity index (χ1n) is 9.67. The molecule has 1 aliphatic heterocycles. The van der Waals surface area contributed by atoms with E-state index < -0.39 is 20.6 Å². The fraction of sp³-hybridized carbons (Fsp3) is 0.350. The van der Waals surface area contributed by atoms with Crippen LogP contribution in [0.15, 0.2) is 47.4 Å². The van der Waals surface area contributed by atoms with Crippen molar-refractivity contribution in [1.82, 2.24) is 9.21 Å². The molecule has 1 saturated heterocycles. The molecule has 31 heavy (non-hydrogen) atoms. The summed E-state index contributed by atoms with van der Waals surface area (Å²) < 4.78 is 27.0. The number of hydrogen-bond donors (Lipinski definition) is 0. The zero-order valence-corrected chi connectivity index (χ0v) is 18.6. The summed E-state index contributed by atoms with van der Waals surface area (Å²) in [6, 6.07) is 10.6. The average Bonchev–Trinajstić information content (AvgIpc) is 3.56. The van der Waals surface area contributed by atoms with Crippen LogP contribution in [-0.2, 0) is 14.8 Å². The number of rotatable bonds is 5. The molecule has 2 aromatic carbocycles. The topological polar surface area (TPSA) is 101 Å². The lowest BCUT2D eigenvalue weighted by Gasteiger charge is -2.34. The van der Waals surface area contributed by atoms with Gasteiger partial charge in [0, 0.05) is 38.2 Å². The van der Waals surface area contributed by atoms with E-state index in [9.17, 15) is 23.3 Å². The molecule has 1 heterocycles. The first kappa shape index (κ1) is 22.0. The van der Waals surface area contributed by atoms with Gasteiger partial charge in [-0.15, -0.1) is 0 Å². The number of carbonyl (C=O) groups excluding carboxylic acids is 1. The molecule has 2 fully saturated rings. The van der Waals surface area contributed by atoms with Crippen molar-refractivity contribution in [1.29, 1.82) is 0 Å². The molecule has 4 rings (SSSR count). The van der Waals surface area contributed by atoms with E-state index in [4.69, 9.17) is 23.2 Å². The summed E-state index contributed by atoms with van der Waals surface area (Å²) in [5, 5.41) is 12.1. The van der Waals surface area contributed by atoms with Crippen molar-refractivity contribution in [2.45, 2.75) is 17.2 Å². The molecule has 2 aliphatic rings. The molecule has 1 saturated carbocycles. The van der Waals surface area contributed by atoms with E-state index in [-0.39, 0.29) is 48.8 Å². The van der Waals surface area contributed by atoms with Gasteiger partial charge in [0.1, 0.15) is 0 Å². The molecule has 0 aromatic heterocycles. The number of nitrogens with zero attached hydrogens (tertiary/aromatic N) is 3. The Morgan fingerprint density at radius 1 is 1.03 bits per heavy atom. The lowest BCUT2D eigenvalue weighted by molar-refractivity contribution is -0.387. The highest BCUT2D eigenvalue weighted by Gasteiger charge is 2.46. The Balaban J connectivity index is 1.40. The molecule has 0 spiro atoms. The molecular weight excluding hydrogens is 465 g/mol. The number of piperazine rings is 1. The highest BCUT2D eigenvalue weighted by molar-refractivity contribution is 7.89. The van der Waals surface area contributed by atoms with E-state index in [1.165, 1.54) is 28.6 Å². The maximum Gasteiger partial charge on any atom is 0.289 e. The highest BCUT2D eigenvalue weighted by Crippen LogP contribution is 2.49. The van der Waals surface area contributed by atoms with E-state index in [0.29, 0.717) is 16.5 Å². The summed E-state index contributed by atoms with van der Waals surface area (Å²) in [6.45, 7) is 0.654. The molecule has 2 aromatic rings. The molecule has 2 atom stereocenters. The summed E-state index contributed by atoms with van der Waals surface area (Å²) in [6.07, 6.45) is 0.714. The summed E-state index contributed by atoms with van der Waals surface area (Å²) in [7, 11) is -4.03. The van der Waals surface area contributed by atoms with Crippen LogP contribution in [0.3, 0.4) is 0 Å². The summed E-state index contributed by atoms with van der Waals surface area (Å²) in [5.41, 5.74) is 0.508. The fourth-order valence-electron chi connectivity index (χ4n) is 3.93. The normalized spacial score (nSPS) is 21.7.